The largest absolute Gasteiger partial charge is 0.495 e. The van der Waals surface area contributed by atoms with Crippen molar-refractivity contribution < 1.29 is 23.1 Å². The number of benzene rings is 1. The first-order chi connectivity index (χ1) is 18.3. The second-order valence-electron chi connectivity index (χ2n) is 10.1. The summed E-state index contributed by atoms with van der Waals surface area (Å²) in [5, 5.41) is 5.02. The smallest absolute Gasteiger partial charge is 0.342 e. The van der Waals surface area contributed by atoms with Gasteiger partial charge >= 0.3 is 5.92 Å². The minimum absolute atomic E-state index is 0.131. The molecule has 1 saturated heterocycles. The Morgan fingerprint density at radius 2 is 1.87 bits per heavy atom. The highest BCUT2D eigenvalue weighted by atomic mass is 19.3. The van der Waals surface area contributed by atoms with Crippen LogP contribution in [0.1, 0.15) is 55.3 Å². The Balaban J connectivity index is 1.41. The second kappa shape index (κ2) is 10.7. The quantitative estimate of drug-likeness (QED) is 0.584. The van der Waals surface area contributed by atoms with Gasteiger partial charge < -0.3 is 19.9 Å². The molecule has 1 aromatic carbocycles. The molecule has 204 valence electrons. The molecule has 2 aromatic rings. The van der Waals surface area contributed by atoms with E-state index in [0.717, 1.165) is 56.5 Å². The maximum absolute atomic E-state index is 14.8. The number of carbonyl (C=O) groups is 2. The van der Waals surface area contributed by atoms with Gasteiger partial charge in [-0.3, -0.25) is 15.0 Å². The number of amides is 2. The molecule has 1 aromatic heterocycles. The van der Waals surface area contributed by atoms with E-state index in [4.69, 9.17) is 4.74 Å². The Bertz CT molecular complexity index is 1200. The number of fused-ring (bicyclic) bond motifs is 1. The standard InChI is InChI=1S/C26H33F2N7O3/c1-33-20-15-29-25(31-22(20)35(18-8-4-5-9-18)16-26(27,28)24(33)37)30-19-11-10-17(14-21(19)38-2)23(36)32-34-12-6-3-7-13-34/h10-11,14-15,18H,3-9,12-13,16H2,1-2H3,(H,32,36)(H,29,30,31). The molecule has 10 nitrogen and oxygen atoms in total. The van der Waals surface area contributed by atoms with Crippen molar-refractivity contribution in [3.8, 4) is 5.75 Å². The molecule has 1 aliphatic carbocycles. The third kappa shape index (κ3) is 5.22. The summed E-state index contributed by atoms with van der Waals surface area (Å²) in [6, 6.07) is 4.86. The first-order valence-corrected chi connectivity index (χ1v) is 13.1. The molecular formula is C26H33F2N7O3. The number of nitrogens with zero attached hydrogens (tertiary/aromatic N) is 5. The fourth-order valence-electron chi connectivity index (χ4n) is 5.37. The lowest BCUT2D eigenvalue weighted by Crippen LogP contribution is -2.48. The normalized spacial score (nSPS) is 20.2. The molecule has 2 fully saturated rings. The molecular weight excluding hydrogens is 496 g/mol. The van der Waals surface area contributed by atoms with Crippen molar-refractivity contribution in [3.63, 3.8) is 0 Å². The number of nitrogens with one attached hydrogen (secondary N) is 2. The summed E-state index contributed by atoms with van der Waals surface area (Å²) in [4.78, 5) is 36.6. The summed E-state index contributed by atoms with van der Waals surface area (Å²) in [7, 11) is 2.82. The maximum atomic E-state index is 14.8. The lowest BCUT2D eigenvalue weighted by Gasteiger charge is -2.31. The van der Waals surface area contributed by atoms with Crippen LogP contribution in [0.3, 0.4) is 0 Å². The number of hydrogen-bond acceptors (Lipinski definition) is 8. The van der Waals surface area contributed by atoms with Gasteiger partial charge in [0, 0.05) is 31.7 Å². The molecule has 1 saturated carbocycles. The van der Waals surface area contributed by atoms with E-state index in [9.17, 15) is 18.4 Å². The van der Waals surface area contributed by atoms with E-state index in [1.165, 1.54) is 26.8 Å². The number of hydrogen-bond donors (Lipinski definition) is 2. The molecule has 5 rings (SSSR count). The maximum Gasteiger partial charge on any atom is 0.342 e. The number of ether oxygens (including phenoxy) is 1. The van der Waals surface area contributed by atoms with Gasteiger partial charge in [-0.05, 0) is 43.9 Å². The van der Waals surface area contributed by atoms with Crippen LogP contribution in [0.25, 0.3) is 0 Å². The number of methoxy groups -OCH3 is 1. The van der Waals surface area contributed by atoms with Crippen molar-refractivity contribution >= 4 is 35.0 Å². The van der Waals surface area contributed by atoms with Crippen LogP contribution in [-0.2, 0) is 4.79 Å². The summed E-state index contributed by atoms with van der Waals surface area (Å²) < 4.78 is 35.2. The molecule has 3 aliphatic rings. The number of halogens is 2. The molecule has 38 heavy (non-hydrogen) atoms. The highest BCUT2D eigenvalue weighted by molar-refractivity contribution is 6.02. The van der Waals surface area contributed by atoms with Crippen LogP contribution in [0.4, 0.5) is 31.9 Å². The third-order valence-corrected chi connectivity index (χ3v) is 7.46. The Hall–Kier alpha value is -3.54. The van der Waals surface area contributed by atoms with Crippen LogP contribution in [0.2, 0.25) is 0 Å². The lowest BCUT2D eigenvalue weighted by molar-refractivity contribution is -0.140. The molecule has 12 heteroatoms. The van der Waals surface area contributed by atoms with E-state index in [1.54, 1.807) is 23.1 Å². The zero-order valence-electron chi connectivity index (χ0n) is 21.7. The van der Waals surface area contributed by atoms with Crippen LogP contribution >= 0.6 is 0 Å². The average molecular weight is 530 g/mol. The molecule has 2 amide bonds. The van der Waals surface area contributed by atoms with Gasteiger partial charge in [0.2, 0.25) is 5.95 Å². The van der Waals surface area contributed by atoms with E-state index in [-0.39, 0.29) is 23.6 Å². The van der Waals surface area contributed by atoms with Crippen LogP contribution in [0.5, 0.6) is 5.75 Å². The molecule has 0 bridgehead atoms. The van der Waals surface area contributed by atoms with Gasteiger partial charge in [-0.1, -0.05) is 19.3 Å². The van der Waals surface area contributed by atoms with Crippen molar-refractivity contribution in [3.05, 3.63) is 30.0 Å². The number of anilines is 4. The van der Waals surface area contributed by atoms with Gasteiger partial charge in [-0.15, -0.1) is 0 Å². The van der Waals surface area contributed by atoms with E-state index in [2.05, 4.69) is 20.7 Å². The monoisotopic (exact) mass is 529 g/mol. The van der Waals surface area contributed by atoms with Gasteiger partial charge in [-0.25, -0.2) is 9.99 Å². The summed E-state index contributed by atoms with van der Waals surface area (Å²) in [6.45, 7) is 0.917. The van der Waals surface area contributed by atoms with Crippen LogP contribution in [-0.4, -0.2) is 72.5 Å². The predicted molar refractivity (Wildman–Crippen MR) is 139 cm³/mol. The molecule has 0 radical (unpaired) electrons. The van der Waals surface area contributed by atoms with Gasteiger partial charge in [0.15, 0.2) is 5.82 Å². The van der Waals surface area contributed by atoms with Crippen molar-refractivity contribution in [1.29, 1.82) is 0 Å². The fourth-order valence-corrected chi connectivity index (χ4v) is 5.37. The molecule has 2 N–H and O–H groups in total. The highest BCUT2D eigenvalue weighted by Gasteiger charge is 2.48. The third-order valence-electron chi connectivity index (χ3n) is 7.46. The van der Waals surface area contributed by atoms with E-state index < -0.39 is 18.4 Å². The summed E-state index contributed by atoms with van der Waals surface area (Å²) in [5.74, 6) is -4.18. The zero-order chi connectivity index (χ0) is 26.9. The zero-order valence-corrected chi connectivity index (χ0v) is 21.7. The number of rotatable bonds is 6. The number of aromatic nitrogens is 2. The summed E-state index contributed by atoms with van der Waals surface area (Å²) >= 11 is 0. The van der Waals surface area contributed by atoms with Crippen LogP contribution in [0.15, 0.2) is 24.4 Å². The molecule has 0 atom stereocenters. The molecule has 0 spiro atoms. The number of carbonyl (C=O) groups excluding carboxylic acids is 2. The van der Waals surface area contributed by atoms with Crippen LogP contribution in [0, 0.1) is 0 Å². The van der Waals surface area contributed by atoms with Crippen molar-refractivity contribution in [1.82, 2.24) is 20.4 Å². The Morgan fingerprint density at radius 1 is 1.13 bits per heavy atom. The summed E-state index contributed by atoms with van der Waals surface area (Å²) in [6.07, 6.45) is 8.05. The number of alkyl halides is 2. The van der Waals surface area contributed by atoms with Gasteiger partial charge in [0.05, 0.1) is 25.5 Å². The van der Waals surface area contributed by atoms with Gasteiger partial charge in [0.25, 0.3) is 11.8 Å². The number of hydrazine groups is 1. The Kier molecular flexibility index (Phi) is 7.33. The highest BCUT2D eigenvalue weighted by Crippen LogP contribution is 2.40. The van der Waals surface area contributed by atoms with E-state index >= 15 is 0 Å². The molecule has 3 heterocycles. The van der Waals surface area contributed by atoms with Gasteiger partial charge in [0.1, 0.15) is 11.4 Å². The topological polar surface area (TPSA) is 103 Å². The van der Waals surface area contributed by atoms with Gasteiger partial charge in [-0.2, -0.15) is 13.8 Å². The van der Waals surface area contributed by atoms with Crippen molar-refractivity contribution in [2.75, 3.05) is 48.9 Å². The lowest BCUT2D eigenvalue weighted by atomic mass is 10.1. The SMILES string of the molecule is COc1cc(C(=O)NN2CCCCC2)ccc1Nc1ncc2c(n1)N(C1CCCC1)CC(F)(F)C(=O)N2C. The predicted octanol–water partition coefficient (Wildman–Crippen LogP) is 3.72. The first kappa shape index (κ1) is 26.1. The second-order valence-corrected chi connectivity index (χ2v) is 10.1. The number of piperidine rings is 1. The molecule has 0 unspecified atom stereocenters. The van der Waals surface area contributed by atoms with E-state index in [1.807, 2.05) is 5.01 Å². The minimum Gasteiger partial charge on any atom is -0.495 e. The van der Waals surface area contributed by atoms with Crippen molar-refractivity contribution in [2.24, 2.45) is 0 Å². The van der Waals surface area contributed by atoms with E-state index in [0.29, 0.717) is 22.8 Å². The van der Waals surface area contributed by atoms with Crippen LogP contribution < -0.4 is 25.3 Å². The van der Waals surface area contributed by atoms with Crippen molar-refractivity contribution in [2.45, 2.75) is 56.9 Å². The fraction of sp³-hybridized carbons (Fsp3) is 0.538. The average Bonchev–Trinajstić information content (AvgIpc) is 3.44. The molecule has 2 aliphatic heterocycles. The first-order valence-electron chi connectivity index (χ1n) is 13.1. The Morgan fingerprint density at radius 3 is 2.58 bits per heavy atom. The summed E-state index contributed by atoms with van der Waals surface area (Å²) in [5.41, 5.74) is 4.13. The minimum atomic E-state index is -3.54. The Labute approximate surface area is 220 Å².